The maximum absolute atomic E-state index is 5.77. The van der Waals surface area contributed by atoms with Gasteiger partial charge in [0.05, 0.1) is 12.4 Å². The molecule has 0 unspecified atom stereocenters. The van der Waals surface area contributed by atoms with Crippen LogP contribution in [-0.4, -0.2) is 41.0 Å². The molecule has 1 N–H and O–H groups in total. The largest absolute Gasteiger partial charge is 0.367 e. The summed E-state index contributed by atoms with van der Waals surface area (Å²) in [6, 6.07) is 0.766. The summed E-state index contributed by atoms with van der Waals surface area (Å²) in [7, 11) is 2.20. The lowest BCUT2D eigenvalue weighted by Gasteiger charge is -2.23. The molecule has 0 radical (unpaired) electrons. The molecular formula is C12H19ClN4. The quantitative estimate of drug-likeness (QED) is 0.876. The normalized spacial score (nSPS) is 16.6. The first-order valence-corrected chi connectivity index (χ1v) is 6.55. The van der Waals surface area contributed by atoms with Gasteiger partial charge in [0.1, 0.15) is 11.0 Å². The molecule has 0 atom stereocenters. The molecule has 0 amide bonds. The van der Waals surface area contributed by atoms with E-state index in [0.29, 0.717) is 5.15 Å². The van der Waals surface area contributed by atoms with E-state index in [2.05, 4.69) is 27.2 Å². The molecule has 1 saturated carbocycles. The van der Waals surface area contributed by atoms with Gasteiger partial charge in [-0.25, -0.2) is 4.98 Å². The lowest BCUT2D eigenvalue weighted by atomic mass is 10.2. The monoisotopic (exact) mass is 254 g/mol. The molecule has 0 bridgehead atoms. The highest BCUT2D eigenvalue weighted by molar-refractivity contribution is 6.29. The molecular weight excluding hydrogens is 236 g/mol. The number of hydrogen-bond acceptors (Lipinski definition) is 4. The van der Waals surface area contributed by atoms with E-state index in [1.54, 1.807) is 6.20 Å². The van der Waals surface area contributed by atoms with Crippen LogP contribution in [0, 0.1) is 0 Å². The summed E-state index contributed by atoms with van der Waals surface area (Å²) >= 11 is 5.77. The molecule has 0 aromatic carbocycles. The van der Waals surface area contributed by atoms with Crippen molar-refractivity contribution >= 4 is 17.4 Å². The summed E-state index contributed by atoms with van der Waals surface area (Å²) in [4.78, 5) is 10.6. The average molecular weight is 255 g/mol. The second kappa shape index (κ2) is 6.17. The number of nitrogens with one attached hydrogen (secondary N) is 1. The Morgan fingerprint density at radius 1 is 1.41 bits per heavy atom. The van der Waals surface area contributed by atoms with Crippen LogP contribution in [0.4, 0.5) is 5.82 Å². The van der Waals surface area contributed by atoms with Gasteiger partial charge in [-0.05, 0) is 19.9 Å². The summed E-state index contributed by atoms with van der Waals surface area (Å²) in [5.41, 5.74) is 0. The Balaban J connectivity index is 1.71. The van der Waals surface area contributed by atoms with E-state index in [9.17, 15) is 0 Å². The molecule has 1 heterocycles. The van der Waals surface area contributed by atoms with E-state index in [4.69, 9.17) is 11.6 Å². The Hall–Kier alpha value is -0.870. The van der Waals surface area contributed by atoms with E-state index in [-0.39, 0.29) is 0 Å². The number of rotatable bonds is 5. The molecule has 1 aromatic heterocycles. The third-order valence-corrected chi connectivity index (χ3v) is 3.51. The minimum Gasteiger partial charge on any atom is -0.367 e. The van der Waals surface area contributed by atoms with Gasteiger partial charge in [-0.2, -0.15) is 0 Å². The van der Waals surface area contributed by atoms with Gasteiger partial charge in [-0.3, -0.25) is 4.98 Å². The fraction of sp³-hybridized carbons (Fsp3) is 0.667. The topological polar surface area (TPSA) is 41.0 Å². The highest BCUT2D eigenvalue weighted by Crippen LogP contribution is 2.21. The van der Waals surface area contributed by atoms with Gasteiger partial charge in [-0.15, -0.1) is 0 Å². The second-order valence-corrected chi connectivity index (χ2v) is 4.96. The molecule has 1 fully saturated rings. The molecule has 4 nitrogen and oxygen atoms in total. The van der Waals surface area contributed by atoms with Crippen LogP contribution in [-0.2, 0) is 0 Å². The predicted molar refractivity (Wildman–Crippen MR) is 70.4 cm³/mol. The number of halogens is 1. The number of likely N-dealkylation sites (N-methyl/N-ethyl adjacent to an activating group) is 1. The Morgan fingerprint density at radius 3 is 2.88 bits per heavy atom. The predicted octanol–water partition coefficient (Wildman–Crippen LogP) is 2.42. The average Bonchev–Trinajstić information content (AvgIpc) is 2.82. The smallest absolute Gasteiger partial charge is 0.149 e. The van der Waals surface area contributed by atoms with Crippen molar-refractivity contribution < 1.29 is 0 Å². The highest BCUT2D eigenvalue weighted by Gasteiger charge is 2.18. The fourth-order valence-corrected chi connectivity index (χ4v) is 2.46. The van der Waals surface area contributed by atoms with Crippen molar-refractivity contribution in [1.29, 1.82) is 0 Å². The summed E-state index contributed by atoms with van der Waals surface area (Å²) in [6.07, 6.45) is 8.67. The van der Waals surface area contributed by atoms with Crippen LogP contribution >= 0.6 is 11.6 Å². The highest BCUT2D eigenvalue weighted by atomic mass is 35.5. The van der Waals surface area contributed by atoms with Crippen LogP contribution in [0.25, 0.3) is 0 Å². The number of hydrogen-bond donors (Lipinski definition) is 1. The van der Waals surface area contributed by atoms with Gasteiger partial charge < -0.3 is 10.2 Å². The standard InChI is InChI=1S/C12H19ClN4/c1-17(10-4-2-3-5-10)7-6-15-12-9-14-8-11(13)16-12/h8-10H,2-7H2,1H3,(H,15,16). The summed E-state index contributed by atoms with van der Waals surface area (Å²) < 4.78 is 0. The van der Waals surface area contributed by atoms with Gasteiger partial charge in [0.2, 0.25) is 0 Å². The molecule has 1 aliphatic rings. The second-order valence-electron chi connectivity index (χ2n) is 4.57. The zero-order valence-electron chi connectivity index (χ0n) is 10.2. The Labute approximate surface area is 107 Å². The first-order valence-electron chi connectivity index (χ1n) is 6.17. The van der Waals surface area contributed by atoms with Crippen LogP contribution in [0.1, 0.15) is 25.7 Å². The van der Waals surface area contributed by atoms with E-state index in [1.165, 1.54) is 31.9 Å². The van der Waals surface area contributed by atoms with E-state index in [1.807, 2.05) is 0 Å². The number of aromatic nitrogens is 2. The maximum Gasteiger partial charge on any atom is 0.149 e. The van der Waals surface area contributed by atoms with Crippen molar-refractivity contribution in [3.05, 3.63) is 17.5 Å². The third kappa shape index (κ3) is 3.82. The fourth-order valence-electron chi connectivity index (χ4n) is 2.32. The maximum atomic E-state index is 5.77. The van der Waals surface area contributed by atoms with Crippen molar-refractivity contribution in [3.63, 3.8) is 0 Å². The van der Waals surface area contributed by atoms with Gasteiger partial charge >= 0.3 is 0 Å². The summed E-state index contributed by atoms with van der Waals surface area (Å²) in [5, 5.41) is 3.67. The summed E-state index contributed by atoms with van der Waals surface area (Å²) in [6.45, 7) is 1.90. The first-order chi connectivity index (χ1) is 8.25. The van der Waals surface area contributed by atoms with Gasteiger partial charge in [-0.1, -0.05) is 24.4 Å². The summed E-state index contributed by atoms with van der Waals surface area (Å²) in [5.74, 6) is 0.748. The Kier molecular flexibility index (Phi) is 4.57. The molecule has 1 aliphatic carbocycles. The van der Waals surface area contributed by atoms with Crippen LogP contribution < -0.4 is 5.32 Å². The van der Waals surface area contributed by atoms with Crippen LogP contribution in [0.2, 0.25) is 5.15 Å². The molecule has 0 spiro atoms. The first kappa shape index (κ1) is 12.6. The lowest BCUT2D eigenvalue weighted by Crippen LogP contribution is -2.33. The van der Waals surface area contributed by atoms with Crippen molar-refractivity contribution in [2.75, 3.05) is 25.5 Å². The number of anilines is 1. The minimum absolute atomic E-state index is 0.430. The van der Waals surface area contributed by atoms with Crippen LogP contribution in [0.15, 0.2) is 12.4 Å². The molecule has 1 aromatic rings. The Bertz CT molecular complexity index is 352. The van der Waals surface area contributed by atoms with Crippen molar-refractivity contribution in [3.8, 4) is 0 Å². The van der Waals surface area contributed by atoms with Crippen LogP contribution in [0.3, 0.4) is 0 Å². The van der Waals surface area contributed by atoms with Gasteiger partial charge in [0, 0.05) is 19.1 Å². The zero-order valence-corrected chi connectivity index (χ0v) is 11.0. The third-order valence-electron chi connectivity index (χ3n) is 3.32. The minimum atomic E-state index is 0.430. The molecule has 17 heavy (non-hydrogen) atoms. The van der Waals surface area contributed by atoms with Gasteiger partial charge in [0.15, 0.2) is 0 Å². The van der Waals surface area contributed by atoms with E-state index >= 15 is 0 Å². The van der Waals surface area contributed by atoms with Crippen molar-refractivity contribution in [2.45, 2.75) is 31.7 Å². The molecule has 2 rings (SSSR count). The number of nitrogens with zero attached hydrogens (tertiary/aromatic N) is 3. The zero-order chi connectivity index (χ0) is 12.1. The molecule has 0 saturated heterocycles. The lowest BCUT2D eigenvalue weighted by molar-refractivity contribution is 0.254. The van der Waals surface area contributed by atoms with Crippen molar-refractivity contribution in [1.82, 2.24) is 14.9 Å². The molecule has 94 valence electrons. The molecule has 5 heteroatoms. The van der Waals surface area contributed by atoms with Gasteiger partial charge in [0.25, 0.3) is 0 Å². The SMILES string of the molecule is CN(CCNc1cncc(Cl)n1)C1CCCC1. The van der Waals surface area contributed by atoms with E-state index < -0.39 is 0 Å². The van der Waals surface area contributed by atoms with Crippen LogP contribution in [0.5, 0.6) is 0 Å². The molecule has 0 aliphatic heterocycles. The van der Waals surface area contributed by atoms with E-state index in [0.717, 1.165) is 24.9 Å². The Morgan fingerprint density at radius 2 is 2.18 bits per heavy atom. The van der Waals surface area contributed by atoms with Crippen molar-refractivity contribution in [2.24, 2.45) is 0 Å².